The van der Waals surface area contributed by atoms with E-state index in [4.69, 9.17) is 4.74 Å². The molecule has 0 saturated carbocycles. The van der Waals surface area contributed by atoms with E-state index < -0.39 is 0 Å². The summed E-state index contributed by atoms with van der Waals surface area (Å²) in [6.07, 6.45) is 0. The van der Waals surface area contributed by atoms with Crippen LogP contribution in [-0.4, -0.2) is 44.1 Å². The number of benzene rings is 3. The van der Waals surface area contributed by atoms with Crippen molar-refractivity contribution in [1.82, 2.24) is 4.90 Å². The topological polar surface area (TPSA) is 44.8 Å². The summed E-state index contributed by atoms with van der Waals surface area (Å²) in [6.45, 7) is 4.15. The number of carbonyl (C=O) groups excluding carboxylic acids is 1. The van der Waals surface area contributed by atoms with Crippen molar-refractivity contribution in [3.05, 3.63) is 89.7 Å². The summed E-state index contributed by atoms with van der Waals surface area (Å²) in [6, 6.07) is 21.9. The van der Waals surface area contributed by atoms with E-state index in [9.17, 15) is 9.18 Å². The van der Waals surface area contributed by atoms with Gasteiger partial charge in [-0.2, -0.15) is 0 Å². The largest absolute Gasteiger partial charge is 0.497 e. The first kappa shape index (κ1) is 20.9. The Kier molecular flexibility index (Phi) is 6.48. The quantitative estimate of drug-likeness (QED) is 0.643. The number of piperazine rings is 1. The van der Waals surface area contributed by atoms with Crippen molar-refractivity contribution in [2.24, 2.45) is 0 Å². The Morgan fingerprint density at radius 2 is 1.71 bits per heavy atom. The zero-order valence-corrected chi connectivity index (χ0v) is 17.6. The molecule has 0 spiro atoms. The number of rotatable bonds is 6. The standard InChI is InChI=1S/C25H26FN3O2/c1-31-23-7-4-6-19(17-23)25(30)27-21-9-11-22(12-10-21)29-15-13-28(14-16-29)18-20-5-2-3-8-24(20)26/h2-12,17H,13-16,18H2,1H3,(H,27,30). The van der Waals surface area contributed by atoms with Crippen LogP contribution in [0.25, 0.3) is 0 Å². The molecule has 0 bridgehead atoms. The lowest BCUT2D eigenvalue weighted by molar-refractivity contribution is 0.102. The highest BCUT2D eigenvalue weighted by Crippen LogP contribution is 2.21. The molecule has 0 radical (unpaired) electrons. The Bertz CT molecular complexity index is 1030. The molecule has 0 aromatic heterocycles. The van der Waals surface area contributed by atoms with Crippen molar-refractivity contribution in [3.63, 3.8) is 0 Å². The predicted molar refractivity (Wildman–Crippen MR) is 121 cm³/mol. The van der Waals surface area contributed by atoms with Gasteiger partial charge in [0.05, 0.1) is 7.11 Å². The highest BCUT2D eigenvalue weighted by molar-refractivity contribution is 6.04. The Hall–Kier alpha value is -3.38. The number of methoxy groups -OCH3 is 1. The monoisotopic (exact) mass is 419 g/mol. The van der Waals surface area contributed by atoms with Crippen LogP contribution in [-0.2, 0) is 6.54 Å². The molecule has 0 aliphatic carbocycles. The molecule has 6 heteroatoms. The summed E-state index contributed by atoms with van der Waals surface area (Å²) in [5, 5.41) is 2.92. The number of nitrogens with zero attached hydrogens (tertiary/aromatic N) is 2. The second-order valence-electron chi connectivity index (χ2n) is 7.59. The number of halogens is 1. The van der Waals surface area contributed by atoms with Crippen LogP contribution in [0.2, 0.25) is 0 Å². The molecule has 160 valence electrons. The smallest absolute Gasteiger partial charge is 0.255 e. The molecule has 1 N–H and O–H groups in total. The van der Waals surface area contributed by atoms with Crippen LogP contribution in [0.15, 0.2) is 72.8 Å². The molecule has 3 aromatic carbocycles. The average Bonchev–Trinajstić information content (AvgIpc) is 2.81. The zero-order chi connectivity index (χ0) is 21.6. The molecule has 3 aromatic rings. The number of nitrogens with one attached hydrogen (secondary N) is 1. The fraction of sp³-hybridized carbons (Fsp3) is 0.240. The van der Waals surface area contributed by atoms with Crippen LogP contribution in [0.4, 0.5) is 15.8 Å². The van der Waals surface area contributed by atoms with E-state index in [1.807, 2.05) is 42.5 Å². The molecule has 1 amide bonds. The molecule has 1 saturated heterocycles. The van der Waals surface area contributed by atoms with Crippen LogP contribution >= 0.6 is 0 Å². The van der Waals surface area contributed by atoms with Gasteiger partial charge in [0.1, 0.15) is 11.6 Å². The predicted octanol–water partition coefficient (Wildman–Crippen LogP) is 4.41. The third-order valence-electron chi connectivity index (χ3n) is 5.55. The Morgan fingerprint density at radius 3 is 2.42 bits per heavy atom. The molecule has 1 fully saturated rings. The van der Waals surface area contributed by atoms with Gasteiger partial charge in [-0.25, -0.2) is 4.39 Å². The van der Waals surface area contributed by atoms with Gasteiger partial charge in [-0.3, -0.25) is 9.69 Å². The van der Waals surface area contributed by atoms with Crippen molar-refractivity contribution in [2.75, 3.05) is 43.5 Å². The zero-order valence-electron chi connectivity index (χ0n) is 17.6. The minimum Gasteiger partial charge on any atom is -0.497 e. The van der Waals surface area contributed by atoms with Crippen LogP contribution in [0.3, 0.4) is 0 Å². The second-order valence-corrected chi connectivity index (χ2v) is 7.59. The van der Waals surface area contributed by atoms with E-state index in [0.29, 0.717) is 17.9 Å². The molecule has 1 heterocycles. The van der Waals surface area contributed by atoms with Crippen molar-refractivity contribution < 1.29 is 13.9 Å². The van der Waals surface area contributed by atoms with Crippen molar-refractivity contribution in [1.29, 1.82) is 0 Å². The number of carbonyl (C=O) groups is 1. The van der Waals surface area contributed by atoms with Gasteiger partial charge in [-0.05, 0) is 48.5 Å². The maximum Gasteiger partial charge on any atom is 0.255 e. The lowest BCUT2D eigenvalue weighted by Crippen LogP contribution is -2.46. The summed E-state index contributed by atoms with van der Waals surface area (Å²) in [4.78, 5) is 17.1. The minimum atomic E-state index is -0.173. The highest BCUT2D eigenvalue weighted by atomic mass is 19.1. The fourth-order valence-electron chi connectivity index (χ4n) is 3.75. The summed E-state index contributed by atoms with van der Waals surface area (Å²) in [7, 11) is 1.58. The third kappa shape index (κ3) is 5.22. The van der Waals surface area contributed by atoms with Crippen LogP contribution < -0.4 is 15.0 Å². The normalized spacial score (nSPS) is 14.3. The first-order valence-corrected chi connectivity index (χ1v) is 10.4. The summed E-state index contributed by atoms with van der Waals surface area (Å²) < 4.78 is 19.1. The number of hydrogen-bond donors (Lipinski definition) is 1. The number of amides is 1. The van der Waals surface area contributed by atoms with Gasteiger partial charge >= 0.3 is 0 Å². The molecular formula is C25H26FN3O2. The van der Waals surface area contributed by atoms with Gasteiger partial charge in [-0.1, -0.05) is 24.3 Å². The van der Waals surface area contributed by atoms with E-state index in [1.165, 1.54) is 6.07 Å². The van der Waals surface area contributed by atoms with Gasteiger partial charge in [0.2, 0.25) is 0 Å². The first-order chi connectivity index (χ1) is 15.1. The molecule has 1 aliphatic heterocycles. The summed E-state index contributed by atoms with van der Waals surface area (Å²) in [5.74, 6) is 0.335. The summed E-state index contributed by atoms with van der Waals surface area (Å²) >= 11 is 0. The van der Waals surface area contributed by atoms with Gasteiger partial charge in [0.25, 0.3) is 5.91 Å². The number of anilines is 2. The summed E-state index contributed by atoms with van der Waals surface area (Å²) in [5.41, 5.74) is 3.15. The minimum absolute atomic E-state index is 0.142. The first-order valence-electron chi connectivity index (χ1n) is 10.4. The average molecular weight is 420 g/mol. The molecule has 4 rings (SSSR count). The third-order valence-corrected chi connectivity index (χ3v) is 5.55. The van der Waals surface area contributed by atoms with E-state index in [1.54, 1.807) is 31.4 Å². The lowest BCUT2D eigenvalue weighted by Gasteiger charge is -2.36. The molecule has 1 aliphatic rings. The van der Waals surface area contributed by atoms with Gasteiger partial charge in [0.15, 0.2) is 0 Å². The highest BCUT2D eigenvalue weighted by Gasteiger charge is 2.18. The van der Waals surface area contributed by atoms with Crippen LogP contribution in [0.5, 0.6) is 5.75 Å². The number of ether oxygens (including phenoxy) is 1. The Labute approximate surface area is 182 Å². The van der Waals surface area contributed by atoms with Crippen LogP contribution in [0.1, 0.15) is 15.9 Å². The molecule has 5 nitrogen and oxygen atoms in total. The van der Waals surface area contributed by atoms with Crippen LogP contribution in [0, 0.1) is 5.82 Å². The molecule has 0 atom stereocenters. The van der Waals surface area contributed by atoms with Gasteiger partial charge in [0, 0.05) is 55.2 Å². The van der Waals surface area contributed by atoms with Crippen molar-refractivity contribution in [2.45, 2.75) is 6.54 Å². The van der Waals surface area contributed by atoms with E-state index >= 15 is 0 Å². The SMILES string of the molecule is COc1cccc(C(=O)Nc2ccc(N3CCN(Cc4ccccc4F)CC3)cc2)c1. The van der Waals surface area contributed by atoms with E-state index in [-0.39, 0.29) is 11.7 Å². The lowest BCUT2D eigenvalue weighted by atomic mass is 10.1. The fourth-order valence-corrected chi connectivity index (χ4v) is 3.75. The van der Waals surface area contributed by atoms with Crippen molar-refractivity contribution in [3.8, 4) is 5.75 Å². The van der Waals surface area contributed by atoms with Crippen molar-refractivity contribution >= 4 is 17.3 Å². The van der Waals surface area contributed by atoms with E-state index in [0.717, 1.165) is 43.1 Å². The van der Waals surface area contributed by atoms with Gasteiger partial charge in [-0.15, -0.1) is 0 Å². The maximum absolute atomic E-state index is 13.9. The molecular weight excluding hydrogens is 393 g/mol. The molecule has 0 unspecified atom stereocenters. The Morgan fingerprint density at radius 1 is 0.968 bits per heavy atom. The molecule has 31 heavy (non-hydrogen) atoms. The number of hydrogen-bond acceptors (Lipinski definition) is 4. The maximum atomic E-state index is 13.9. The second kappa shape index (κ2) is 9.62. The Balaban J connectivity index is 1.31. The van der Waals surface area contributed by atoms with E-state index in [2.05, 4.69) is 15.1 Å². The van der Waals surface area contributed by atoms with Gasteiger partial charge < -0.3 is 15.0 Å².